The Balaban J connectivity index is 1.69. The SMILES string of the molecule is COc1csc(C(=O)N2CCC3NCCC3C2)c1. The van der Waals surface area contributed by atoms with Crippen molar-refractivity contribution in [2.45, 2.75) is 18.9 Å². The number of nitrogens with zero attached hydrogens (tertiary/aromatic N) is 1. The van der Waals surface area contributed by atoms with Crippen LogP contribution >= 0.6 is 11.3 Å². The van der Waals surface area contributed by atoms with Crippen LogP contribution in [0.4, 0.5) is 0 Å². The molecule has 1 amide bonds. The van der Waals surface area contributed by atoms with E-state index in [1.807, 2.05) is 16.3 Å². The van der Waals surface area contributed by atoms with Crippen molar-refractivity contribution < 1.29 is 9.53 Å². The van der Waals surface area contributed by atoms with Crippen molar-refractivity contribution in [1.82, 2.24) is 10.2 Å². The predicted molar refractivity (Wildman–Crippen MR) is 71.3 cm³/mol. The Bertz CT molecular complexity index is 446. The van der Waals surface area contributed by atoms with E-state index in [9.17, 15) is 4.79 Å². The van der Waals surface area contributed by atoms with E-state index in [4.69, 9.17) is 4.74 Å². The molecule has 5 heteroatoms. The van der Waals surface area contributed by atoms with Crippen molar-refractivity contribution in [3.63, 3.8) is 0 Å². The van der Waals surface area contributed by atoms with E-state index in [-0.39, 0.29) is 5.91 Å². The van der Waals surface area contributed by atoms with Crippen molar-refractivity contribution in [2.24, 2.45) is 5.92 Å². The number of thiophene rings is 1. The third-order valence-corrected chi connectivity index (χ3v) is 4.86. The first-order valence-corrected chi connectivity index (χ1v) is 7.31. The highest BCUT2D eigenvalue weighted by molar-refractivity contribution is 7.12. The van der Waals surface area contributed by atoms with Gasteiger partial charge in [0.25, 0.3) is 5.91 Å². The lowest BCUT2D eigenvalue weighted by atomic mass is 9.93. The highest BCUT2D eigenvalue weighted by atomic mass is 32.1. The van der Waals surface area contributed by atoms with E-state index in [2.05, 4.69) is 5.32 Å². The Morgan fingerprint density at radius 2 is 2.44 bits per heavy atom. The summed E-state index contributed by atoms with van der Waals surface area (Å²) in [4.78, 5) is 15.2. The monoisotopic (exact) mass is 266 g/mol. The number of hydrogen-bond donors (Lipinski definition) is 1. The molecule has 18 heavy (non-hydrogen) atoms. The average Bonchev–Trinajstić information content (AvgIpc) is 3.05. The Labute approximate surface area is 111 Å². The van der Waals surface area contributed by atoms with Gasteiger partial charge >= 0.3 is 0 Å². The summed E-state index contributed by atoms with van der Waals surface area (Å²) >= 11 is 1.47. The second-order valence-corrected chi connectivity index (χ2v) is 5.91. The maximum atomic E-state index is 12.4. The maximum Gasteiger partial charge on any atom is 0.264 e. The number of amides is 1. The Kier molecular flexibility index (Phi) is 3.26. The number of carbonyl (C=O) groups is 1. The molecule has 0 saturated carbocycles. The Hall–Kier alpha value is -1.07. The number of methoxy groups -OCH3 is 1. The van der Waals surface area contributed by atoms with Crippen molar-refractivity contribution in [3.8, 4) is 5.75 Å². The van der Waals surface area contributed by atoms with Crippen LogP contribution in [0.15, 0.2) is 11.4 Å². The summed E-state index contributed by atoms with van der Waals surface area (Å²) in [6.07, 6.45) is 2.28. The number of rotatable bonds is 2. The Morgan fingerprint density at radius 1 is 1.56 bits per heavy atom. The summed E-state index contributed by atoms with van der Waals surface area (Å²) in [6.45, 7) is 2.87. The molecule has 0 aromatic carbocycles. The van der Waals surface area contributed by atoms with Crippen LogP contribution in [0.3, 0.4) is 0 Å². The third-order valence-electron chi connectivity index (χ3n) is 3.96. The first-order valence-electron chi connectivity index (χ1n) is 6.43. The average molecular weight is 266 g/mol. The molecule has 2 aliphatic rings. The van der Waals surface area contributed by atoms with Gasteiger partial charge in [-0.3, -0.25) is 4.79 Å². The van der Waals surface area contributed by atoms with Gasteiger partial charge in [-0.25, -0.2) is 0 Å². The van der Waals surface area contributed by atoms with Gasteiger partial charge in [-0.1, -0.05) is 0 Å². The van der Waals surface area contributed by atoms with Gasteiger partial charge in [-0.05, 0) is 25.3 Å². The van der Waals surface area contributed by atoms with Gasteiger partial charge < -0.3 is 15.0 Å². The minimum absolute atomic E-state index is 0.161. The zero-order valence-corrected chi connectivity index (χ0v) is 11.3. The van der Waals surface area contributed by atoms with E-state index < -0.39 is 0 Å². The zero-order valence-electron chi connectivity index (χ0n) is 10.5. The fraction of sp³-hybridized carbons (Fsp3) is 0.615. The van der Waals surface area contributed by atoms with Crippen LogP contribution in [0, 0.1) is 5.92 Å². The summed E-state index contributed by atoms with van der Waals surface area (Å²) in [5, 5.41) is 5.40. The van der Waals surface area contributed by atoms with Crippen molar-refractivity contribution in [2.75, 3.05) is 26.7 Å². The van der Waals surface area contributed by atoms with Crippen LogP contribution in [0.2, 0.25) is 0 Å². The largest absolute Gasteiger partial charge is 0.496 e. The zero-order chi connectivity index (χ0) is 12.5. The van der Waals surface area contributed by atoms with Crippen LogP contribution in [-0.4, -0.2) is 43.6 Å². The van der Waals surface area contributed by atoms with Gasteiger partial charge in [-0.15, -0.1) is 11.3 Å². The summed E-state index contributed by atoms with van der Waals surface area (Å²) in [5.74, 6) is 1.58. The minimum atomic E-state index is 0.161. The summed E-state index contributed by atoms with van der Waals surface area (Å²) < 4.78 is 5.13. The number of hydrogen-bond acceptors (Lipinski definition) is 4. The normalized spacial score (nSPS) is 27.1. The van der Waals surface area contributed by atoms with Crippen LogP contribution in [0.25, 0.3) is 0 Å². The first kappa shape index (κ1) is 12.0. The molecule has 1 N–H and O–H groups in total. The van der Waals surface area contributed by atoms with E-state index in [1.165, 1.54) is 17.8 Å². The summed E-state index contributed by atoms with van der Waals surface area (Å²) in [7, 11) is 1.63. The summed E-state index contributed by atoms with van der Waals surface area (Å²) in [6, 6.07) is 2.47. The lowest BCUT2D eigenvalue weighted by Gasteiger charge is -2.34. The topological polar surface area (TPSA) is 41.6 Å². The number of nitrogens with one attached hydrogen (secondary N) is 1. The first-order chi connectivity index (χ1) is 8.78. The fourth-order valence-electron chi connectivity index (χ4n) is 2.93. The molecule has 1 aromatic heterocycles. The quantitative estimate of drug-likeness (QED) is 0.883. The molecule has 3 rings (SSSR count). The molecular formula is C13H18N2O2S. The van der Waals surface area contributed by atoms with Crippen molar-refractivity contribution in [3.05, 3.63) is 16.3 Å². The van der Waals surface area contributed by atoms with Crippen LogP contribution in [0.1, 0.15) is 22.5 Å². The number of ether oxygens (including phenoxy) is 1. The number of fused-ring (bicyclic) bond motifs is 1. The molecular weight excluding hydrogens is 248 g/mol. The number of likely N-dealkylation sites (tertiary alicyclic amines) is 1. The molecule has 2 saturated heterocycles. The van der Waals surface area contributed by atoms with E-state index >= 15 is 0 Å². The highest BCUT2D eigenvalue weighted by Gasteiger charge is 2.34. The molecule has 0 aliphatic carbocycles. The lowest BCUT2D eigenvalue weighted by molar-refractivity contribution is 0.0667. The second kappa shape index (κ2) is 4.90. The second-order valence-electron chi connectivity index (χ2n) is 5.00. The maximum absolute atomic E-state index is 12.4. The minimum Gasteiger partial charge on any atom is -0.496 e. The van der Waals surface area contributed by atoms with Crippen LogP contribution in [-0.2, 0) is 0 Å². The smallest absolute Gasteiger partial charge is 0.264 e. The number of piperidine rings is 1. The van der Waals surface area contributed by atoms with E-state index in [1.54, 1.807) is 7.11 Å². The molecule has 3 heterocycles. The van der Waals surface area contributed by atoms with Gasteiger partial charge in [0.15, 0.2) is 0 Å². The molecule has 2 unspecified atom stereocenters. The van der Waals surface area contributed by atoms with Gasteiger partial charge in [0.2, 0.25) is 0 Å². The molecule has 0 spiro atoms. The molecule has 2 atom stereocenters. The molecule has 2 fully saturated rings. The molecule has 0 bridgehead atoms. The number of carbonyl (C=O) groups excluding carboxylic acids is 1. The molecule has 98 valence electrons. The van der Waals surface area contributed by atoms with Gasteiger partial charge in [0.05, 0.1) is 12.0 Å². The lowest BCUT2D eigenvalue weighted by Crippen LogP contribution is -2.46. The fourth-order valence-corrected chi connectivity index (χ4v) is 3.75. The third kappa shape index (κ3) is 2.12. The van der Waals surface area contributed by atoms with Gasteiger partial charge in [0.1, 0.15) is 5.75 Å². The highest BCUT2D eigenvalue weighted by Crippen LogP contribution is 2.28. The molecule has 2 aliphatic heterocycles. The van der Waals surface area contributed by atoms with Crippen molar-refractivity contribution >= 4 is 17.2 Å². The van der Waals surface area contributed by atoms with Crippen LogP contribution < -0.4 is 10.1 Å². The summed E-state index contributed by atoms with van der Waals surface area (Å²) in [5.41, 5.74) is 0. The molecule has 0 radical (unpaired) electrons. The van der Waals surface area contributed by atoms with E-state index in [0.717, 1.165) is 36.7 Å². The van der Waals surface area contributed by atoms with Crippen molar-refractivity contribution in [1.29, 1.82) is 0 Å². The van der Waals surface area contributed by atoms with Crippen LogP contribution in [0.5, 0.6) is 5.75 Å². The molecule has 1 aromatic rings. The molecule has 4 nitrogen and oxygen atoms in total. The predicted octanol–water partition coefficient (Wildman–Crippen LogP) is 1.58. The van der Waals surface area contributed by atoms with E-state index in [0.29, 0.717) is 12.0 Å². The van der Waals surface area contributed by atoms with Gasteiger partial charge in [0, 0.05) is 30.6 Å². The Morgan fingerprint density at radius 3 is 3.22 bits per heavy atom. The van der Waals surface area contributed by atoms with Gasteiger partial charge in [-0.2, -0.15) is 0 Å². The standard InChI is InChI=1S/C13H18N2O2S/c1-17-10-6-12(18-8-10)13(16)15-5-3-11-9(7-15)2-4-14-11/h6,8-9,11,14H,2-5,7H2,1H3.